The molecule has 13 heteroatoms. The van der Waals surface area contributed by atoms with Gasteiger partial charge in [-0.25, -0.2) is 4.79 Å². The molecule has 1 unspecified atom stereocenters. The number of ether oxygens (including phenoxy) is 4. The second-order valence-electron chi connectivity index (χ2n) is 17.3. The molecule has 2 fully saturated rings. The second kappa shape index (κ2) is 13.8. The molecule has 3 aromatic rings. The molecule has 12 nitrogen and oxygen atoms in total. The molecule has 1 saturated heterocycles. The van der Waals surface area contributed by atoms with Crippen LogP contribution in [0.3, 0.4) is 0 Å². The average Bonchev–Trinajstić information content (AvgIpc) is 3.86. The predicted octanol–water partition coefficient (Wildman–Crippen LogP) is 5.36. The molecule has 1 spiro atoms. The monoisotopic (exact) mass is 904 g/mol. The molecule has 6 heterocycles. The van der Waals surface area contributed by atoms with Crippen molar-refractivity contribution in [3.63, 3.8) is 0 Å². The summed E-state index contributed by atoms with van der Waals surface area (Å²) in [6, 6.07) is 9.29. The van der Waals surface area contributed by atoms with Crippen molar-refractivity contribution in [3.8, 4) is 5.75 Å². The van der Waals surface area contributed by atoms with Crippen LogP contribution in [0.1, 0.15) is 68.8 Å². The number of rotatable bonds is 7. The fraction of sp³-hybridized carbons (Fsp3) is 0.533. The molecule has 2 aromatic carbocycles. The summed E-state index contributed by atoms with van der Waals surface area (Å²) in [5.41, 5.74) is 1.03. The van der Waals surface area contributed by atoms with Crippen molar-refractivity contribution in [3.05, 3.63) is 80.1 Å². The number of anilines is 1. The Morgan fingerprint density at radius 3 is 2.48 bits per heavy atom. The van der Waals surface area contributed by atoms with E-state index in [1.807, 2.05) is 24.9 Å². The molecule has 9 atom stereocenters. The van der Waals surface area contributed by atoms with Crippen LogP contribution in [0, 0.1) is 14.9 Å². The number of nitrogens with zero attached hydrogens (tertiary/aromatic N) is 3. The quantitative estimate of drug-likeness (QED) is 0.138. The Kier molecular flexibility index (Phi) is 9.42. The van der Waals surface area contributed by atoms with Crippen LogP contribution in [0.4, 0.5) is 5.69 Å². The molecule has 9 rings (SSSR count). The second-order valence-corrected chi connectivity index (χ2v) is 18.6. The zero-order chi connectivity index (χ0) is 41.1. The van der Waals surface area contributed by atoms with Crippen molar-refractivity contribution >= 4 is 57.1 Å². The van der Waals surface area contributed by atoms with Crippen LogP contribution in [0.2, 0.25) is 0 Å². The maximum Gasteiger partial charge on any atom is 0.344 e. The van der Waals surface area contributed by atoms with Gasteiger partial charge in [-0.2, -0.15) is 0 Å². The molecule has 6 aliphatic rings. The van der Waals surface area contributed by atoms with Crippen LogP contribution < -0.4 is 9.64 Å². The van der Waals surface area contributed by atoms with Gasteiger partial charge in [-0.3, -0.25) is 19.4 Å². The molecule has 2 N–H and O–H groups in total. The summed E-state index contributed by atoms with van der Waals surface area (Å²) in [5, 5.41) is 14.4. The number of aliphatic hydroxyl groups is 1. The van der Waals surface area contributed by atoms with E-state index in [4.69, 9.17) is 18.9 Å². The van der Waals surface area contributed by atoms with Gasteiger partial charge in [-0.1, -0.05) is 37.6 Å². The van der Waals surface area contributed by atoms with E-state index in [1.165, 1.54) is 26.7 Å². The first-order valence-electron chi connectivity index (χ1n) is 20.4. The van der Waals surface area contributed by atoms with Gasteiger partial charge in [0, 0.05) is 94.5 Å². The van der Waals surface area contributed by atoms with Gasteiger partial charge in [0.25, 0.3) is 0 Å². The van der Waals surface area contributed by atoms with Crippen molar-refractivity contribution in [2.45, 2.75) is 87.6 Å². The smallest absolute Gasteiger partial charge is 0.344 e. The molecule has 58 heavy (non-hydrogen) atoms. The Balaban J connectivity index is 1.37. The summed E-state index contributed by atoms with van der Waals surface area (Å²) in [6.07, 6.45) is 7.67. The number of methoxy groups -OCH3 is 3. The van der Waals surface area contributed by atoms with E-state index in [1.54, 1.807) is 7.11 Å². The Bertz CT molecular complexity index is 2310. The van der Waals surface area contributed by atoms with Gasteiger partial charge in [0.1, 0.15) is 11.2 Å². The number of fused-ring (bicyclic) bond motifs is 6. The molecule has 1 saturated carbocycles. The Morgan fingerprint density at radius 1 is 1.02 bits per heavy atom. The van der Waals surface area contributed by atoms with E-state index >= 15 is 4.79 Å². The normalized spacial score (nSPS) is 34.5. The number of aromatic nitrogens is 1. The number of likely N-dealkylation sites (N-methyl/N-ethyl adjacent to an activating group) is 1. The van der Waals surface area contributed by atoms with Crippen LogP contribution >= 0.6 is 22.6 Å². The molecular weight excluding hydrogens is 851 g/mol. The lowest BCUT2D eigenvalue weighted by atomic mass is 9.47. The highest BCUT2D eigenvalue weighted by Crippen LogP contribution is 2.68. The zero-order valence-corrected chi connectivity index (χ0v) is 36.5. The third-order valence-corrected chi connectivity index (χ3v) is 15.5. The van der Waals surface area contributed by atoms with Crippen molar-refractivity contribution < 1.29 is 38.4 Å². The SMILES string of the molecule is CCC1=C[C@H]2CN(C1)Cc1c([nH]c3ccc(I)cc13)[C@@](C(=O)OC)(c1cc3c(cc1OC)N(C)[C@H]1[C@@](O)(C(=O)OC)[C@H](OC(C)=O)[C@]4(CC)C=CCN5CC[C@]31[C@@H]54)C2. The number of benzene rings is 2. The van der Waals surface area contributed by atoms with Crippen molar-refractivity contribution in [2.75, 3.05) is 59.5 Å². The largest absolute Gasteiger partial charge is 0.496 e. The number of hydrogen-bond acceptors (Lipinski definition) is 11. The minimum Gasteiger partial charge on any atom is -0.496 e. The number of halogens is 1. The number of nitrogens with one attached hydrogen (secondary N) is 1. The molecule has 2 bridgehead atoms. The highest BCUT2D eigenvalue weighted by molar-refractivity contribution is 14.1. The van der Waals surface area contributed by atoms with Crippen molar-refractivity contribution in [1.29, 1.82) is 0 Å². The number of carbonyl (C=O) groups excluding carboxylic acids is 3. The highest BCUT2D eigenvalue weighted by atomic mass is 127. The number of esters is 3. The van der Waals surface area contributed by atoms with Crippen LogP contribution in [-0.4, -0.2) is 116 Å². The average molecular weight is 905 g/mol. The van der Waals surface area contributed by atoms with E-state index < -0.39 is 45.9 Å². The topological polar surface area (TPSA) is 134 Å². The Labute approximate surface area is 353 Å². The fourth-order valence-corrected chi connectivity index (χ4v) is 13.4. The minimum atomic E-state index is -2.28. The van der Waals surface area contributed by atoms with E-state index in [0.29, 0.717) is 50.2 Å². The molecular formula is C45H53IN4O8. The van der Waals surface area contributed by atoms with Gasteiger partial charge in [-0.15, -0.1) is 0 Å². The lowest BCUT2D eigenvalue weighted by Crippen LogP contribution is -2.81. The molecule has 1 aromatic heterocycles. The standard InChI is InChI=1S/C45H53IN4O8/c1-8-26-17-27-21-44(40(52)56-6,36-30(24-49(22-26)23-27)29-18-28(46)11-12-33(29)47-36)32-19-31-34(20-35(32)55-5)48(4)38-43(31)14-16-50-15-10-13-42(9-2,37(43)50)39(58-25(3)51)45(38,54)41(53)57-7/h10-13,17-20,27,37-39,47,54H,8-9,14-16,21-24H2,1-7H3/t27-,37+,38-,39-,42-,43-,44+,45+/m1/s1. The van der Waals surface area contributed by atoms with Crippen LogP contribution in [0.5, 0.6) is 5.75 Å². The molecule has 308 valence electrons. The first-order valence-corrected chi connectivity index (χ1v) is 21.5. The highest BCUT2D eigenvalue weighted by Gasteiger charge is 2.80. The minimum absolute atomic E-state index is 0.0239. The summed E-state index contributed by atoms with van der Waals surface area (Å²) < 4.78 is 25.0. The summed E-state index contributed by atoms with van der Waals surface area (Å²) in [7, 11) is 6.23. The molecule has 5 aliphatic heterocycles. The zero-order valence-electron chi connectivity index (χ0n) is 34.3. The molecule has 0 radical (unpaired) electrons. The first kappa shape index (κ1) is 39.5. The van der Waals surface area contributed by atoms with Crippen molar-refractivity contribution in [1.82, 2.24) is 14.8 Å². The van der Waals surface area contributed by atoms with Gasteiger partial charge in [0.2, 0.25) is 5.60 Å². The number of hydrogen-bond donors (Lipinski definition) is 2. The van der Waals surface area contributed by atoms with Gasteiger partial charge in [-0.05, 0) is 96.1 Å². The van der Waals surface area contributed by atoms with Crippen LogP contribution in [-0.2, 0) is 46.0 Å². The summed E-state index contributed by atoms with van der Waals surface area (Å²) >= 11 is 2.35. The number of aromatic amines is 1. The third kappa shape index (κ3) is 5.05. The van der Waals surface area contributed by atoms with Gasteiger partial charge < -0.3 is 33.9 Å². The van der Waals surface area contributed by atoms with Gasteiger partial charge >= 0.3 is 17.9 Å². The lowest BCUT2D eigenvalue weighted by Gasteiger charge is -2.63. The maximum atomic E-state index is 15.2. The Hall–Kier alpha value is -3.92. The number of carbonyl (C=O) groups is 3. The van der Waals surface area contributed by atoms with Crippen molar-refractivity contribution in [2.24, 2.45) is 11.3 Å². The maximum absolute atomic E-state index is 15.2. The summed E-state index contributed by atoms with van der Waals surface area (Å²) in [4.78, 5) is 53.3. The van der Waals surface area contributed by atoms with E-state index in [9.17, 15) is 14.7 Å². The first-order chi connectivity index (χ1) is 27.8. The fourth-order valence-electron chi connectivity index (χ4n) is 12.9. The Morgan fingerprint density at radius 2 is 1.79 bits per heavy atom. The molecule has 1 aliphatic carbocycles. The van der Waals surface area contributed by atoms with Gasteiger partial charge in [0.05, 0.1) is 27.4 Å². The summed E-state index contributed by atoms with van der Waals surface area (Å²) in [5.74, 6) is -1.32. The van der Waals surface area contributed by atoms with Crippen LogP contribution in [0.25, 0.3) is 10.9 Å². The van der Waals surface area contributed by atoms with E-state index in [0.717, 1.165) is 56.5 Å². The third-order valence-electron chi connectivity index (χ3n) is 14.8. The van der Waals surface area contributed by atoms with Crippen LogP contribution in [0.15, 0.2) is 54.1 Å². The summed E-state index contributed by atoms with van der Waals surface area (Å²) in [6.45, 7) is 9.18. The van der Waals surface area contributed by atoms with E-state index in [-0.39, 0.29) is 17.9 Å². The predicted molar refractivity (Wildman–Crippen MR) is 227 cm³/mol. The molecule has 0 amide bonds. The number of H-pyrrole nitrogens is 1. The van der Waals surface area contributed by atoms with E-state index in [2.05, 4.69) is 86.8 Å². The van der Waals surface area contributed by atoms with Gasteiger partial charge in [0.15, 0.2) is 6.10 Å². The lowest BCUT2D eigenvalue weighted by molar-refractivity contribution is -0.228.